The Morgan fingerprint density at radius 2 is 1.44 bits per heavy atom. The van der Waals surface area contributed by atoms with Crippen molar-refractivity contribution < 1.29 is 18.6 Å². The van der Waals surface area contributed by atoms with Crippen molar-refractivity contribution in [3.63, 3.8) is 0 Å². The largest absolute Gasteiger partial charge is 0.395 e. The summed E-state index contributed by atoms with van der Waals surface area (Å²) in [7, 11) is -3.13. The first-order valence-electron chi connectivity index (χ1n) is 5.41. The molecule has 0 radical (unpaired) electrons. The van der Waals surface area contributed by atoms with Crippen LogP contribution in [0.25, 0.3) is 0 Å². The number of rotatable bonds is 7. The van der Waals surface area contributed by atoms with Gasteiger partial charge in [0.15, 0.2) is 9.84 Å². The first kappa shape index (κ1) is 15.8. The van der Waals surface area contributed by atoms with Crippen LogP contribution >= 0.6 is 0 Å². The van der Waals surface area contributed by atoms with Gasteiger partial charge in [-0.1, -0.05) is 0 Å². The zero-order valence-electron chi connectivity index (χ0n) is 10.3. The molecular weight excluding hydrogens is 230 g/mol. The summed E-state index contributed by atoms with van der Waals surface area (Å²) in [6, 6.07) is 0. The maximum absolute atomic E-state index is 11.8. The van der Waals surface area contributed by atoms with E-state index >= 15 is 0 Å². The first-order chi connectivity index (χ1) is 7.24. The van der Waals surface area contributed by atoms with Gasteiger partial charge in [-0.2, -0.15) is 0 Å². The molecule has 0 heterocycles. The van der Waals surface area contributed by atoms with E-state index in [-0.39, 0.29) is 19.0 Å². The molecule has 0 aromatic rings. The van der Waals surface area contributed by atoms with E-state index in [0.717, 1.165) is 0 Å². The van der Waals surface area contributed by atoms with E-state index in [1.165, 1.54) is 0 Å². The molecule has 0 aliphatic rings. The Balaban J connectivity index is 4.30. The van der Waals surface area contributed by atoms with Gasteiger partial charge in [-0.25, -0.2) is 8.42 Å². The van der Waals surface area contributed by atoms with Crippen LogP contribution in [0.3, 0.4) is 0 Å². The fourth-order valence-electron chi connectivity index (χ4n) is 1.17. The molecule has 2 N–H and O–H groups in total. The van der Waals surface area contributed by atoms with Crippen LogP contribution < -0.4 is 0 Å². The molecule has 0 saturated carbocycles. The quantitative estimate of drug-likeness (QED) is 0.639. The van der Waals surface area contributed by atoms with Crippen molar-refractivity contribution in [2.75, 3.05) is 38.6 Å². The van der Waals surface area contributed by atoms with Crippen molar-refractivity contribution in [3.05, 3.63) is 0 Å². The van der Waals surface area contributed by atoms with Crippen LogP contribution in [0.5, 0.6) is 0 Å². The minimum Gasteiger partial charge on any atom is -0.395 e. The molecular formula is C10H23NO4S. The zero-order valence-corrected chi connectivity index (χ0v) is 11.1. The third kappa shape index (κ3) is 5.25. The van der Waals surface area contributed by atoms with Gasteiger partial charge >= 0.3 is 0 Å². The second kappa shape index (κ2) is 6.54. The highest BCUT2D eigenvalue weighted by atomic mass is 32.2. The number of sulfone groups is 1. The van der Waals surface area contributed by atoms with Crippen LogP contribution in [0.2, 0.25) is 0 Å². The Morgan fingerprint density at radius 3 is 1.75 bits per heavy atom. The van der Waals surface area contributed by atoms with Gasteiger partial charge in [-0.15, -0.1) is 0 Å². The standard InChI is InChI=1S/C10H23NO4S/c1-10(2,3)16(14,15)9-6-11(4-7-12)5-8-13/h12-13H,4-9H2,1-3H3. The van der Waals surface area contributed by atoms with Gasteiger partial charge in [0.05, 0.1) is 23.7 Å². The summed E-state index contributed by atoms with van der Waals surface area (Å²) < 4.78 is 22.9. The molecule has 98 valence electrons. The lowest BCUT2D eigenvalue weighted by atomic mass is 10.3. The number of aliphatic hydroxyl groups is 2. The van der Waals surface area contributed by atoms with Crippen molar-refractivity contribution in [2.24, 2.45) is 0 Å². The second-order valence-electron chi connectivity index (χ2n) is 4.72. The maximum Gasteiger partial charge on any atom is 0.156 e. The average Bonchev–Trinajstić information content (AvgIpc) is 2.13. The van der Waals surface area contributed by atoms with Gasteiger partial charge in [-0.05, 0) is 20.8 Å². The third-order valence-electron chi connectivity index (χ3n) is 2.44. The van der Waals surface area contributed by atoms with Gasteiger partial charge < -0.3 is 10.2 Å². The van der Waals surface area contributed by atoms with E-state index in [9.17, 15) is 8.42 Å². The zero-order chi connectivity index (χ0) is 12.8. The molecule has 6 heteroatoms. The Hall–Kier alpha value is -0.170. The lowest BCUT2D eigenvalue weighted by Gasteiger charge is -2.24. The van der Waals surface area contributed by atoms with Crippen molar-refractivity contribution >= 4 is 9.84 Å². The van der Waals surface area contributed by atoms with E-state index < -0.39 is 14.6 Å². The first-order valence-corrected chi connectivity index (χ1v) is 7.06. The van der Waals surface area contributed by atoms with E-state index in [2.05, 4.69) is 0 Å². The van der Waals surface area contributed by atoms with Gasteiger partial charge in [-0.3, -0.25) is 4.90 Å². The molecule has 0 aliphatic heterocycles. The van der Waals surface area contributed by atoms with Crippen LogP contribution in [0.15, 0.2) is 0 Å². The topological polar surface area (TPSA) is 77.8 Å². The van der Waals surface area contributed by atoms with E-state index in [4.69, 9.17) is 10.2 Å². The Labute approximate surface area is 98.0 Å². The average molecular weight is 253 g/mol. The van der Waals surface area contributed by atoms with Crippen LogP contribution in [0.4, 0.5) is 0 Å². The molecule has 0 amide bonds. The molecule has 0 bridgehead atoms. The maximum atomic E-state index is 11.8. The summed E-state index contributed by atoms with van der Waals surface area (Å²) >= 11 is 0. The van der Waals surface area contributed by atoms with Crippen molar-refractivity contribution in [1.29, 1.82) is 0 Å². The second-order valence-corrected chi connectivity index (χ2v) is 7.58. The molecule has 0 fully saturated rings. The minimum atomic E-state index is -3.13. The number of nitrogens with zero attached hydrogens (tertiary/aromatic N) is 1. The molecule has 16 heavy (non-hydrogen) atoms. The molecule has 0 rings (SSSR count). The van der Waals surface area contributed by atoms with E-state index in [1.54, 1.807) is 25.7 Å². The molecule has 0 aromatic heterocycles. The van der Waals surface area contributed by atoms with Crippen LogP contribution in [-0.4, -0.2) is 66.9 Å². The van der Waals surface area contributed by atoms with Crippen molar-refractivity contribution in [2.45, 2.75) is 25.5 Å². The summed E-state index contributed by atoms with van der Waals surface area (Å²) in [5.74, 6) is 0.0521. The van der Waals surface area contributed by atoms with Gasteiger partial charge in [0.2, 0.25) is 0 Å². The van der Waals surface area contributed by atoms with Crippen molar-refractivity contribution in [1.82, 2.24) is 4.90 Å². The van der Waals surface area contributed by atoms with Gasteiger partial charge in [0.25, 0.3) is 0 Å². The fraction of sp³-hybridized carbons (Fsp3) is 1.00. The Bertz CT molecular complexity index is 276. The highest BCUT2D eigenvalue weighted by Gasteiger charge is 2.28. The highest BCUT2D eigenvalue weighted by molar-refractivity contribution is 7.92. The van der Waals surface area contributed by atoms with Crippen LogP contribution in [0.1, 0.15) is 20.8 Å². The van der Waals surface area contributed by atoms with E-state index in [1.807, 2.05) is 0 Å². The van der Waals surface area contributed by atoms with Gasteiger partial charge in [0.1, 0.15) is 0 Å². The summed E-state index contributed by atoms with van der Waals surface area (Å²) in [5.41, 5.74) is 0. The van der Waals surface area contributed by atoms with Crippen LogP contribution in [0, 0.1) is 0 Å². The third-order valence-corrected chi connectivity index (χ3v) is 5.03. The highest BCUT2D eigenvalue weighted by Crippen LogP contribution is 2.15. The summed E-state index contributed by atoms with van der Waals surface area (Å²) in [5, 5.41) is 17.6. The number of aliphatic hydroxyl groups excluding tert-OH is 2. The lowest BCUT2D eigenvalue weighted by molar-refractivity contribution is 0.167. The molecule has 0 spiro atoms. The molecule has 5 nitrogen and oxygen atoms in total. The van der Waals surface area contributed by atoms with E-state index in [0.29, 0.717) is 19.6 Å². The molecule has 0 unspecified atom stereocenters. The summed E-state index contributed by atoms with van der Waals surface area (Å²) in [6.07, 6.45) is 0. The predicted octanol–water partition coefficient (Wildman–Crippen LogP) is -0.514. The normalized spacial score (nSPS) is 13.4. The smallest absolute Gasteiger partial charge is 0.156 e. The Morgan fingerprint density at radius 1 is 1.00 bits per heavy atom. The van der Waals surface area contributed by atoms with Gasteiger partial charge in [0, 0.05) is 19.6 Å². The number of hydrogen-bond acceptors (Lipinski definition) is 5. The molecule has 0 atom stereocenters. The van der Waals surface area contributed by atoms with Crippen LogP contribution in [-0.2, 0) is 9.84 Å². The fourth-order valence-corrected chi connectivity index (χ4v) is 2.28. The molecule has 0 aliphatic carbocycles. The molecule has 0 saturated heterocycles. The minimum absolute atomic E-state index is 0.0322. The predicted molar refractivity (Wildman–Crippen MR) is 64.2 cm³/mol. The number of hydrogen-bond donors (Lipinski definition) is 2. The monoisotopic (exact) mass is 253 g/mol. The summed E-state index contributed by atoms with van der Waals surface area (Å²) in [6.45, 7) is 6.08. The molecule has 0 aromatic carbocycles. The van der Waals surface area contributed by atoms with Crippen molar-refractivity contribution in [3.8, 4) is 0 Å². The SMILES string of the molecule is CC(C)(C)S(=O)(=O)CCN(CCO)CCO. The Kier molecular flexibility index (Phi) is 6.47. The lowest BCUT2D eigenvalue weighted by Crippen LogP contribution is -2.38. The summed E-state index contributed by atoms with van der Waals surface area (Å²) in [4.78, 5) is 1.74.